The van der Waals surface area contributed by atoms with Crippen molar-refractivity contribution in [3.8, 4) is 6.07 Å². The normalized spacial score (nSPS) is 14.6. The van der Waals surface area contributed by atoms with Gasteiger partial charge in [0.2, 0.25) is 0 Å². The molecule has 1 fully saturated rings. The first-order valence-corrected chi connectivity index (χ1v) is 9.53. The summed E-state index contributed by atoms with van der Waals surface area (Å²) in [7, 11) is 0. The average Bonchev–Trinajstić information content (AvgIpc) is 3.22. The lowest BCUT2D eigenvalue weighted by atomic mass is 10.1. The summed E-state index contributed by atoms with van der Waals surface area (Å²) in [6, 6.07) is 10.5. The lowest BCUT2D eigenvalue weighted by Gasteiger charge is -2.36. The Morgan fingerprint density at radius 2 is 2.00 bits per heavy atom. The number of carbonyl (C=O) groups excluding carboxylic acids is 1. The van der Waals surface area contributed by atoms with Crippen LogP contribution in [0, 0.1) is 11.3 Å². The van der Waals surface area contributed by atoms with Crippen LogP contribution in [0.1, 0.15) is 26.5 Å². The molecule has 1 aliphatic rings. The second-order valence-electron chi connectivity index (χ2n) is 6.21. The molecule has 0 unspecified atom stereocenters. The summed E-state index contributed by atoms with van der Waals surface area (Å²) < 4.78 is 0. The number of nitrogens with one attached hydrogen (secondary N) is 1. The van der Waals surface area contributed by atoms with Crippen LogP contribution in [-0.2, 0) is 0 Å². The summed E-state index contributed by atoms with van der Waals surface area (Å²) in [5, 5.41) is 22.7. The minimum Gasteiger partial charge on any atom is -0.478 e. The largest absolute Gasteiger partial charge is 0.478 e. The Morgan fingerprint density at radius 1 is 1.22 bits per heavy atom. The number of aromatic carboxylic acids is 1. The Morgan fingerprint density at radius 3 is 2.63 bits per heavy atom. The van der Waals surface area contributed by atoms with Gasteiger partial charge in [0.05, 0.1) is 27.9 Å². The summed E-state index contributed by atoms with van der Waals surface area (Å²) in [5.41, 5.74) is 1.44. The van der Waals surface area contributed by atoms with Crippen molar-refractivity contribution in [3.63, 3.8) is 0 Å². The minimum atomic E-state index is -1.03. The average molecular weight is 384 g/mol. The Labute approximate surface area is 161 Å². The lowest BCUT2D eigenvalue weighted by Crippen LogP contribution is -2.46. The highest BCUT2D eigenvalue weighted by atomic mass is 32.1. The molecule has 0 spiro atoms. The van der Waals surface area contributed by atoms with Crippen molar-refractivity contribution in [2.24, 2.45) is 0 Å². The molecule has 2 aromatic rings. The number of carboxylic acid groups (broad SMARTS) is 1. The second kappa shape index (κ2) is 8.66. The zero-order chi connectivity index (χ0) is 19.2. The van der Waals surface area contributed by atoms with E-state index in [1.807, 2.05) is 5.38 Å². The molecule has 0 bridgehead atoms. The monoisotopic (exact) mass is 384 g/mol. The molecule has 1 aromatic heterocycles. The molecule has 0 radical (unpaired) electrons. The van der Waals surface area contributed by atoms with Gasteiger partial charge in [-0.1, -0.05) is 6.07 Å². The predicted octanol–water partition coefficient (Wildman–Crippen LogP) is 2.73. The van der Waals surface area contributed by atoms with Crippen molar-refractivity contribution in [2.45, 2.75) is 6.42 Å². The first-order chi connectivity index (χ1) is 13.1. The van der Waals surface area contributed by atoms with Crippen LogP contribution in [0.25, 0.3) is 0 Å². The summed E-state index contributed by atoms with van der Waals surface area (Å²) in [6.07, 6.45) is 0.509. The van der Waals surface area contributed by atoms with Gasteiger partial charge in [0.1, 0.15) is 0 Å². The molecular formula is C19H20N4O3S. The number of nitrogens with zero attached hydrogens (tertiary/aromatic N) is 3. The van der Waals surface area contributed by atoms with E-state index in [0.717, 1.165) is 38.4 Å². The van der Waals surface area contributed by atoms with E-state index in [9.17, 15) is 14.7 Å². The van der Waals surface area contributed by atoms with E-state index >= 15 is 0 Å². The third-order valence-electron chi connectivity index (χ3n) is 4.49. The van der Waals surface area contributed by atoms with Crippen LogP contribution in [0.2, 0.25) is 0 Å². The minimum absolute atomic E-state index is 0.132. The number of piperazine rings is 1. The van der Waals surface area contributed by atoms with Crippen LogP contribution in [0.15, 0.2) is 35.7 Å². The second-order valence-corrected chi connectivity index (χ2v) is 7.15. The van der Waals surface area contributed by atoms with E-state index in [4.69, 9.17) is 5.26 Å². The Balaban J connectivity index is 1.79. The van der Waals surface area contributed by atoms with Crippen molar-refractivity contribution in [2.75, 3.05) is 42.9 Å². The van der Waals surface area contributed by atoms with Gasteiger partial charge < -0.3 is 15.3 Å². The Bertz CT molecular complexity index is 852. The smallest absolute Gasteiger partial charge is 0.335 e. The van der Waals surface area contributed by atoms with E-state index in [1.54, 1.807) is 24.3 Å². The standard InChI is InChI=1S/C19H20N4O3S/c20-6-2-7-22-8-10-23(11-9-22)16-5-4-14(19(25)26)13-15(16)21-18(24)17-3-1-12-27-17/h1,3-5,12-13H,2,7-11H2,(H,21,24)(H,25,26). The van der Waals surface area contributed by atoms with Gasteiger partial charge in [0, 0.05) is 39.1 Å². The number of nitriles is 1. The van der Waals surface area contributed by atoms with Crippen molar-refractivity contribution in [1.29, 1.82) is 5.26 Å². The maximum atomic E-state index is 12.5. The molecule has 1 amide bonds. The van der Waals surface area contributed by atoms with Crippen LogP contribution < -0.4 is 10.2 Å². The first kappa shape index (κ1) is 18.9. The van der Waals surface area contributed by atoms with Gasteiger partial charge in [-0.05, 0) is 29.6 Å². The maximum absolute atomic E-state index is 12.5. The zero-order valence-corrected chi connectivity index (χ0v) is 15.5. The number of thiophene rings is 1. The molecule has 0 atom stereocenters. The van der Waals surface area contributed by atoms with Crippen molar-refractivity contribution < 1.29 is 14.7 Å². The fourth-order valence-corrected chi connectivity index (χ4v) is 3.68. The zero-order valence-electron chi connectivity index (χ0n) is 14.7. The maximum Gasteiger partial charge on any atom is 0.335 e. The van der Waals surface area contributed by atoms with E-state index in [2.05, 4.69) is 21.2 Å². The van der Waals surface area contributed by atoms with E-state index in [1.165, 1.54) is 17.4 Å². The highest BCUT2D eigenvalue weighted by molar-refractivity contribution is 7.12. The number of carboxylic acids is 1. The Kier molecular flexibility index (Phi) is 6.06. The van der Waals surface area contributed by atoms with Gasteiger partial charge in [0.15, 0.2) is 0 Å². The van der Waals surface area contributed by atoms with Crippen molar-refractivity contribution in [3.05, 3.63) is 46.2 Å². The highest BCUT2D eigenvalue weighted by Crippen LogP contribution is 2.29. The number of rotatable bonds is 6. The molecule has 7 nitrogen and oxygen atoms in total. The third kappa shape index (κ3) is 4.64. The lowest BCUT2D eigenvalue weighted by molar-refractivity contribution is 0.0696. The molecule has 27 heavy (non-hydrogen) atoms. The first-order valence-electron chi connectivity index (χ1n) is 8.65. The van der Waals surface area contributed by atoms with E-state index in [-0.39, 0.29) is 11.5 Å². The predicted molar refractivity (Wildman–Crippen MR) is 105 cm³/mol. The highest BCUT2D eigenvalue weighted by Gasteiger charge is 2.21. The van der Waals surface area contributed by atoms with Crippen LogP contribution >= 0.6 is 11.3 Å². The van der Waals surface area contributed by atoms with Gasteiger partial charge in [-0.15, -0.1) is 11.3 Å². The third-order valence-corrected chi connectivity index (χ3v) is 5.36. The van der Waals surface area contributed by atoms with Gasteiger partial charge in [-0.25, -0.2) is 4.79 Å². The molecule has 3 rings (SSSR count). The van der Waals surface area contributed by atoms with Crippen LogP contribution in [0.4, 0.5) is 11.4 Å². The number of carbonyl (C=O) groups is 2. The van der Waals surface area contributed by atoms with Gasteiger partial charge >= 0.3 is 5.97 Å². The van der Waals surface area contributed by atoms with Crippen LogP contribution in [0.3, 0.4) is 0 Å². The molecule has 2 heterocycles. The fraction of sp³-hybridized carbons (Fsp3) is 0.316. The summed E-state index contributed by atoms with van der Waals surface area (Å²) in [5.74, 6) is -1.28. The fourth-order valence-electron chi connectivity index (χ4n) is 3.06. The SMILES string of the molecule is N#CCCN1CCN(c2ccc(C(=O)O)cc2NC(=O)c2cccs2)CC1. The summed E-state index contributed by atoms with van der Waals surface area (Å²) in [6.45, 7) is 3.89. The topological polar surface area (TPSA) is 96.7 Å². The molecule has 1 aromatic carbocycles. The van der Waals surface area contributed by atoms with Crippen molar-refractivity contribution in [1.82, 2.24) is 4.90 Å². The molecule has 1 saturated heterocycles. The number of benzene rings is 1. The van der Waals surface area contributed by atoms with E-state index < -0.39 is 5.97 Å². The Hall–Kier alpha value is -2.89. The number of amides is 1. The molecule has 8 heteroatoms. The van der Waals surface area contributed by atoms with Gasteiger partial charge in [-0.3, -0.25) is 9.69 Å². The summed E-state index contributed by atoms with van der Waals surface area (Å²) in [4.78, 5) is 28.7. The number of hydrogen-bond acceptors (Lipinski definition) is 6. The molecule has 0 aliphatic carbocycles. The number of anilines is 2. The van der Waals surface area contributed by atoms with Crippen molar-refractivity contribution >= 4 is 34.6 Å². The molecule has 2 N–H and O–H groups in total. The molecular weight excluding hydrogens is 364 g/mol. The van der Waals surface area contributed by atoms with Gasteiger partial charge in [0.25, 0.3) is 5.91 Å². The summed E-state index contributed by atoms with van der Waals surface area (Å²) >= 11 is 1.34. The van der Waals surface area contributed by atoms with Crippen LogP contribution in [0.5, 0.6) is 0 Å². The van der Waals surface area contributed by atoms with Crippen LogP contribution in [-0.4, -0.2) is 54.6 Å². The van der Waals surface area contributed by atoms with Gasteiger partial charge in [-0.2, -0.15) is 5.26 Å². The molecule has 0 saturated carbocycles. The molecule has 1 aliphatic heterocycles. The number of hydrogen-bond donors (Lipinski definition) is 2. The quantitative estimate of drug-likeness (QED) is 0.795. The molecule has 140 valence electrons. The van der Waals surface area contributed by atoms with E-state index in [0.29, 0.717) is 17.0 Å².